The molecule has 1 aliphatic heterocycles. The van der Waals surface area contributed by atoms with Crippen molar-refractivity contribution in [3.8, 4) is 5.75 Å². The molecule has 1 saturated heterocycles. The molecule has 0 N–H and O–H groups in total. The highest BCUT2D eigenvalue weighted by atomic mass is 32.2. The van der Waals surface area contributed by atoms with E-state index >= 15 is 0 Å². The molecule has 2 aliphatic rings. The zero-order valence-electron chi connectivity index (χ0n) is 18.1. The Bertz CT molecular complexity index is 1090. The summed E-state index contributed by atoms with van der Waals surface area (Å²) in [6.45, 7) is 5.70. The first-order valence-electron chi connectivity index (χ1n) is 10.5. The first-order valence-corrected chi connectivity index (χ1v) is 12.7. The van der Waals surface area contributed by atoms with E-state index in [-0.39, 0.29) is 10.9 Å². The maximum Gasteiger partial charge on any atom is 0.243 e. The second-order valence-electron chi connectivity index (χ2n) is 8.09. The van der Waals surface area contributed by atoms with Crippen LogP contribution in [0.2, 0.25) is 0 Å². The van der Waals surface area contributed by atoms with Crippen LogP contribution in [0.25, 0.3) is 0 Å². The molecule has 166 valence electrons. The van der Waals surface area contributed by atoms with Gasteiger partial charge >= 0.3 is 0 Å². The summed E-state index contributed by atoms with van der Waals surface area (Å²) in [5.74, 6) is 1.49. The molecule has 2 aromatic rings. The normalized spacial score (nSPS) is 20.4. The molecule has 0 saturated carbocycles. The Morgan fingerprint density at radius 1 is 1.16 bits per heavy atom. The summed E-state index contributed by atoms with van der Waals surface area (Å²) < 4.78 is 37.5. The van der Waals surface area contributed by atoms with Crippen molar-refractivity contribution in [3.05, 3.63) is 53.4 Å². The van der Waals surface area contributed by atoms with Gasteiger partial charge in [0.25, 0.3) is 0 Å². The van der Waals surface area contributed by atoms with Crippen LogP contribution in [0.4, 0.5) is 5.13 Å². The summed E-state index contributed by atoms with van der Waals surface area (Å²) in [5.41, 5.74) is 2.77. The van der Waals surface area contributed by atoms with Gasteiger partial charge in [0.05, 0.1) is 12.0 Å². The van der Waals surface area contributed by atoms with Gasteiger partial charge in [0.1, 0.15) is 11.6 Å². The zero-order valence-corrected chi connectivity index (χ0v) is 19.7. The van der Waals surface area contributed by atoms with E-state index in [0.29, 0.717) is 25.4 Å². The third kappa shape index (κ3) is 4.83. The fourth-order valence-electron chi connectivity index (χ4n) is 3.93. The van der Waals surface area contributed by atoms with Crippen LogP contribution in [-0.2, 0) is 16.4 Å². The number of rotatable bonds is 6. The van der Waals surface area contributed by atoms with Crippen LogP contribution < -0.4 is 9.64 Å². The van der Waals surface area contributed by atoms with E-state index in [1.807, 2.05) is 6.92 Å². The first kappa shape index (κ1) is 22.0. The molecule has 1 aromatic heterocycles. The minimum atomic E-state index is -3.55. The molecule has 7 nitrogen and oxygen atoms in total. The highest BCUT2D eigenvalue weighted by Crippen LogP contribution is 2.28. The van der Waals surface area contributed by atoms with Crippen molar-refractivity contribution in [3.63, 3.8) is 0 Å². The van der Waals surface area contributed by atoms with Crippen molar-refractivity contribution in [2.45, 2.75) is 44.0 Å². The molecule has 1 atom stereocenters. The number of methoxy groups -OCH3 is 1. The Labute approximate surface area is 188 Å². The fourth-order valence-corrected chi connectivity index (χ4v) is 6.27. The molecule has 0 radical (unpaired) electrons. The van der Waals surface area contributed by atoms with Crippen molar-refractivity contribution < 1.29 is 13.2 Å². The van der Waals surface area contributed by atoms with E-state index in [1.165, 1.54) is 22.7 Å². The van der Waals surface area contributed by atoms with Crippen LogP contribution in [0.3, 0.4) is 0 Å². The average Bonchev–Trinajstić information content (AvgIpc) is 3.23. The number of sulfonamides is 1. The number of hydrogen-bond donors (Lipinski definition) is 0. The van der Waals surface area contributed by atoms with Gasteiger partial charge in [0.15, 0.2) is 0 Å². The van der Waals surface area contributed by atoms with Crippen molar-refractivity contribution in [1.29, 1.82) is 0 Å². The van der Waals surface area contributed by atoms with Crippen molar-refractivity contribution in [2.24, 2.45) is 0 Å². The summed E-state index contributed by atoms with van der Waals surface area (Å²) in [6, 6.07) is 6.38. The van der Waals surface area contributed by atoms with Gasteiger partial charge in [0, 0.05) is 43.6 Å². The Kier molecular flexibility index (Phi) is 6.45. The predicted molar refractivity (Wildman–Crippen MR) is 123 cm³/mol. The Balaban J connectivity index is 1.42. The smallest absolute Gasteiger partial charge is 0.243 e. The van der Waals surface area contributed by atoms with Crippen molar-refractivity contribution in [1.82, 2.24) is 13.7 Å². The summed E-state index contributed by atoms with van der Waals surface area (Å²) in [7, 11) is -1.99. The first-order chi connectivity index (χ1) is 14.9. The van der Waals surface area contributed by atoms with Crippen LogP contribution in [0.15, 0.2) is 52.5 Å². The van der Waals surface area contributed by atoms with E-state index in [9.17, 15) is 8.42 Å². The molecule has 0 bridgehead atoms. The minimum Gasteiger partial charge on any atom is -0.497 e. The van der Waals surface area contributed by atoms with Gasteiger partial charge in [0.2, 0.25) is 15.2 Å². The van der Waals surface area contributed by atoms with Crippen molar-refractivity contribution >= 4 is 26.7 Å². The molecule has 1 aliphatic carbocycles. The van der Waals surface area contributed by atoms with Gasteiger partial charge in [-0.25, -0.2) is 13.4 Å². The van der Waals surface area contributed by atoms with Gasteiger partial charge in [-0.3, -0.25) is 0 Å². The molecule has 4 rings (SSSR count). The lowest BCUT2D eigenvalue weighted by atomic mass is 9.97. The molecule has 1 fully saturated rings. The molecule has 0 amide bonds. The lowest BCUT2D eigenvalue weighted by molar-refractivity contribution is 0.306. The molecule has 0 spiro atoms. The predicted octanol–water partition coefficient (Wildman–Crippen LogP) is 3.66. The van der Waals surface area contributed by atoms with Gasteiger partial charge < -0.3 is 9.64 Å². The number of allylic oxidation sites excluding steroid dienone is 4. The Morgan fingerprint density at radius 3 is 2.58 bits per heavy atom. The minimum absolute atomic E-state index is 0.164. The van der Waals surface area contributed by atoms with E-state index in [4.69, 9.17) is 9.72 Å². The lowest BCUT2D eigenvalue weighted by Crippen LogP contribution is -2.54. The summed E-state index contributed by atoms with van der Waals surface area (Å²) >= 11 is 1.40. The maximum atomic E-state index is 13.1. The van der Waals surface area contributed by atoms with Gasteiger partial charge in [-0.1, -0.05) is 23.3 Å². The topological polar surface area (TPSA) is 75.6 Å². The fraction of sp³-hybridized carbons (Fsp3) is 0.455. The molecule has 9 heteroatoms. The quantitative estimate of drug-likeness (QED) is 0.655. The number of ether oxygens (including phenoxy) is 1. The monoisotopic (exact) mass is 460 g/mol. The molecule has 2 heterocycles. The molecule has 1 unspecified atom stereocenters. The number of piperazine rings is 1. The van der Waals surface area contributed by atoms with E-state index < -0.39 is 10.0 Å². The summed E-state index contributed by atoms with van der Waals surface area (Å²) in [4.78, 5) is 7.17. The second-order valence-corrected chi connectivity index (χ2v) is 10.7. The van der Waals surface area contributed by atoms with Crippen LogP contribution >= 0.6 is 11.5 Å². The highest BCUT2D eigenvalue weighted by molar-refractivity contribution is 7.89. The average molecular weight is 461 g/mol. The summed E-state index contributed by atoms with van der Waals surface area (Å²) in [6.07, 6.45) is 7.31. The molecular formula is C22H28N4O3S2. The third-order valence-corrected chi connectivity index (χ3v) is 8.63. The summed E-state index contributed by atoms with van der Waals surface area (Å²) in [5, 5.41) is 0.867. The van der Waals surface area contributed by atoms with Crippen LogP contribution in [0.5, 0.6) is 5.75 Å². The lowest BCUT2D eigenvalue weighted by Gasteiger charge is -2.38. The van der Waals surface area contributed by atoms with Gasteiger partial charge in [-0.15, -0.1) is 0 Å². The SMILES string of the molecule is COc1ccc(S(=O)(=O)N2CCN(c3nc(CC4=CC=C(C)CC4)ns3)CC2C)cc1. The van der Waals surface area contributed by atoms with Crippen LogP contribution in [0.1, 0.15) is 32.5 Å². The number of nitrogens with zero attached hydrogens (tertiary/aromatic N) is 4. The Morgan fingerprint density at radius 2 is 1.94 bits per heavy atom. The van der Waals surface area contributed by atoms with E-state index in [2.05, 4.69) is 28.3 Å². The largest absolute Gasteiger partial charge is 0.497 e. The molecule has 1 aromatic carbocycles. The highest BCUT2D eigenvalue weighted by Gasteiger charge is 2.34. The van der Waals surface area contributed by atoms with Crippen LogP contribution in [-0.4, -0.2) is 54.9 Å². The van der Waals surface area contributed by atoms with E-state index in [0.717, 1.165) is 30.2 Å². The number of hydrogen-bond acceptors (Lipinski definition) is 7. The molecule has 31 heavy (non-hydrogen) atoms. The standard InChI is InChI=1S/C22H28N4O3S2/c1-16-4-6-18(7-5-16)14-21-23-22(30-24-21)25-12-13-26(17(2)15-25)31(27,28)20-10-8-19(29-3)9-11-20/h4,6,8-11,17H,5,7,12-15H2,1-3H3. The third-order valence-electron chi connectivity index (χ3n) is 5.79. The number of anilines is 1. The zero-order chi connectivity index (χ0) is 22.0. The maximum absolute atomic E-state index is 13.1. The number of aromatic nitrogens is 2. The van der Waals surface area contributed by atoms with E-state index in [1.54, 1.807) is 35.7 Å². The van der Waals surface area contributed by atoms with Gasteiger partial charge in [-0.05, 0) is 51.0 Å². The number of benzene rings is 1. The molecular weight excluding hydrogens is 432 g/mol. The second kappa shape index (κ2) is 9.10. The van der Waals surface area contributed by atoms with Crippen molar-refractivity contribution in [2.75, 3.05) is 31.6 Å². The van der Waals surface area contributed by atoms with Gasteiger partial charge in [-0.2, -0.15) is 8.68 Å². The van der Waals surface area contributed by atoms with Crippen LogP contribution in [0, 0.1) is 0 Å². The Hall–Kier alpha value is -2.23.